The number of non-ortho nitro benzene ring substituents is 1. The molecule has 0 saturated carbocycles. The Hall–Kier alpha value is -2.21. The van der Waals surface area contributed by atoms with Gasteiger partial charge in [-0.1, -0.05) is 0 Å². The maximum atomic E-state index is 10.9. The molecule has 0 aromatic heterocycles. The number of piperazine rings is 1. The van der Waals surface area contributed by atoms with Crippen LogP contribution in [0.2, 0.25) is 0 Å². The summed E-state index contributed by atoms with van der Waals surface area (Å²) in [5.74, 6) is 0. The molecule has 8 heteroatoms. The third-order valence-corrected chi connectivity index (χ3v) is 4.27. The minimum Gasteiger partial charge on any atom is -0.390 e. The molecule has 1 fully saturated rings. The van der Waals surface area contributed by atoms with Crippen molar-refractivity contribution in [2.24, 2.45) is 0 Å². The number of nitro benzene ring substituents is 1. The number of likely N-dealkylation sites (N-methyl/N-ethyl adjacent to an activating group) is 2. The average molecular weight is 333 g/mol. The highest BCUT2D eigenvalue weighted by Crippen LogP contribution is 2.25. The Morgan fingerprint density at radius 3 is 2.67 bits per heavy atom. The highest BCUT2D eigenvalue weighted by Gasteiger charge is 2.20. The lowest BCUT2D eigenvalue weighted by Crippen LogP contribution is -2.48. The van der Waals surface area contributed by atoms with Crippen molar-refractivity contribution in [3.05, 3.63) is 33.9 Å². The summed E-state index contributed by atoms with van der Waals surface area (Å²) in [7, 11) is 3.81. The van der Waals surface area contributed by atoms with E-state index in [1.807, 2.05) is 6.07 Å². The Morgan fingerprint density at radius 2 is 2.08 bits per heavy atom. The van der Waals surface area contributed by atoms with Crippen molar-refractivity contribution in [2.75, 3.05) is 58.3 Å². The number of nitro groups is 1. The van der Waals surface area contributed by atoms with Crippen LogP contribution in [-0.4, -0.2) is 79.3 Å². The number of rotatable bonds is 6. The number of β-amino-alcohol motifs (C(OH)–C–C–N with tert-alkyl or cyclic N) is 1. The lowest BCUT2D eigenvalue weighted by atomic mass is 10.1. The molecule has 1 unspecified atom stereocenters. The number of nitrogens with zero attached hydrogens (tertiary/aromatic N) is 5. The smallest absolute Gasteiger partial charge is 0.271 e. The molecule has 0 spiro atoms. The van der Waals surface area contributed by atoms with Crippen molar-refractivity contribution in [3.63, 3.8) is 0 Å². The summed E-state index contributed by atoms with van der Waals surface area (Å²) < 4.78 is 0. The van der Waals surface area contributed by atoms with Gasteiger partial charge >= 0.3 is 0 Å². The third kappa shape index (κ3) is 4.64. The van der Waals surface area contributed by atoms with E-state index < -0.39 is 11.0 Å². The zero-order valence-electron chi connectivity index (χ0n) is 14.1. The third-order valence-electron chi connectivity index (χ3n) is 4.27. The largest absolute Gasteiger partial charge is 0.390 e. The number of nitriles is 1. The highest BCUT2D eigenvalue weighted by molar-refractivity contribution is 5.63. The topological polar surface area (TPSA) is 96.9 Å². The molecule has 0 radical (unpaired) electrons. The highest BCUT2D eigenvalue weighted by atomic mass is 16.6. The summed E-state index contributed by atoms with van der Waals surface area (Å²) in [6, 6.07) is 6.17. The maximum Gasteiger partial charge on any atom is 0.271 e. The first kappa shape index (κ1) is 18.1. The summed E-state index contributed by atoms with van der Waals surface area (Å²) in [6.07, 6.45) is -0.593. The second-order valence-corrected chi connectivity index (χ2v) is 6.21. The van der Waals surface area contributed by atoms with Crippen LogP contribution in [0.25, 0.3) is 0 Å². The van der Waals surface area contributed by atoms with Gasteiger partial charge in [-0.2, -0.15) is 5.26 Å². The zero-order chi connectivity index (χ0) is 17.7. The summed E-state index contributed by atoms with van der Waals surface area (Å²) in [5, 5.41) is 30.5. The van der Waals surface area contributed by atoms with Crippen LogP contribution in [0.1, 0.15) is 5.56 Å². The fourth-order valence-electron chi connectivity index (χ4n) is 2.84. The first-order valence-electron chi connectivity index (χ1n) is 7.89. The van der Waals surface area contributed by atoms with Crippen molar-refractivity contribution in [1.82, 2.24) is 9.80 Å². The Balaban J connectivity index is 2.00. The first-order valence-corrected chi connectivity index (χ1v) is 7.89. The molecule has 1 aliphatic heterocycles. The maximum absolute atomic E-state index is 10.9. The van der Waals surface area contributed by atoms with Crippen molar-refractivity contribution in [1.29, 1.82) is 5.26 Å². The Labute approximate surface area is 141 Å². The monoisotopic (exact) mass is 333 g/mol. The molecule has 1 heterocycles. The quantitative estimate of drug-likeness (QED) is 0.598. The van der Waals surface area contributed by atoms with E-state index in [4.69, 9.17) is 0 Å². The fraction of sp³-hybridized carbons (Fsp3) is 0.562. The predicted molar refractivity (Wildman–Crippen MR) is 91.0 cm³/mol. The number of aliphatic hydroxyl groups is 1. The Morgan fingerprint density at radius 1 is 1.42 bits per heavy atom. The van der Waals surface area contributed by atoms with Crippen LogP contribution in [-0.2, 0) is 0 Å². The van der Waals surface area contributed by atoms with Gasteiger partial charge in [0.1, 0.15) is 6.07 Å². The van der Waals surface area contributed by atoms with E-state index in [9.17, 15) is 20.5 Å². The molecule has 1 atom stereocenters. The van der Waals surface area contributed by atoms with Gasteiger partial charge in [0.25, 0.3) is 5.69 Å². The molecule has 130 valence electrons. The number of benzene rings is 1. The molecule has 0 bridgehead atoms. The molecule has 1 N–H and O–H groups in total. The molecular weight excluding hydrogens is 310 g/mol. The van der Waals surface area contributed by atoms with Gasteiger partial charge < -0.3 is 14.9 Å². The zero-order valence-corrected chi connectivity index (χ0v) is 14.1. The summed E-state index contributed by atoms with van der Waals surface area (Å²) in [5.41, 5.74) is 0.753. The van der Waals surface area contributed by atoms with Crippen molar-refractivity contribution < 1.29 is 10.0 Å². The number of hydrogen-bond acceptors (Lipinski definition) is 7. The fourth-order valence-corrected chi connectivity index (χ4v) is 2.84. The molecule has 0 aliphatic carbocycles. The van der Waals surface area contributed by atoms with E-state index in [2.05, 4.69) is 16.8 Å². The second-order valence-electron chi connectivity index (χ2n) is 6.21. The molecule has 2 rings (SSSR count). The molecule has 1 saturated heterocycles. The van der Waals surface area contributed by atoms with Gasteiger partial charge in [0.05, 0.1) is 22.3 Å². The predicted octanol–water partition coefficient (Wildman–Crippen LogP) is 0.511. The Kier molecular flexibility index (Phi) is 6.09. The van der Waals surface area contributed by atoms with Crippen LogP contribution in [0.4, 0.5) is 11.4 Å². The van der Waals surface area contributed by atoms with Crippen LogP contribution in [0, 0.1) is 21.4 Å². The minimum atomic E-state index is -0.593. The van der Waals surface area contributed by atoms with E-state index in [1.54, 1.807) is 11.9 Å². The number of anilines is 1. The summed E-state index contributed by atoms with van der Waals surface area (Å²) >= 11 is 0. The first-order chi connectivity index (χ1) is 11.4. The SMILES string of the molecule is CN1CCN(CC(O)CN(C)c2cc([N+](=O)[O-])ccc2C#N)CC1. The standard InChI is InChI=1S/C16H23N5O3/c1-18-5-7-20(8-6-18)12-15(22)11-19(2)16-9-14(21(23)24)4-3-13(16)10-17/h3-4,9,15,22H,5-8,11-12H2,1-2H3. The van der Waals surface area contributed by atoms with Gasteiger partial charge in [-0.15, -0.1) is 0 Å². The Bertz CT molecular complexity index is 623. The molecular formula is C16H23N5O3. The van der Waals surface area contributed by atoms with E-state index in [-0.39, 0.29) is 5.69 Å². The molecule has 1 aromatic carbocycles. The lowest BCUT2D eigenvalue weighted by molar-refractivity contribution is -0.384. The van der Waals surface area contributed by atoms with Crippen molar-refractivity contribution in [3.8, 4) is 6.07 Å². The normalized spacial score (nSPS) is 17.2. The lowest BCUT2D eigenvalue weighted by Gasteiger charge is -2.34. The van der Waals surface area contributed by atoms with Crippen molar-refractivity contribution in [2.45, 2.75) is 6.10 Å². The summed E-state index contributed by atoms with van der Waals surface area (Å²) in [6.45, 7) is 4.64. The van der Waals surface area contributed by atoms with Gasteiger partial charge in [-0.05, 0) is 13.1 Å². The van der Waals surface area contributed by atoms with Crippen molar-refractivity contribution >= 4 is 11.4 Å². The molecule has 8 nitrogen and oxygen atoms in total. The van der Waals surface area contributed by atoms with Crippen LogP contribution in [0.3, 0.4) is 0 Å². The van der Waals surface area contributed by atoms with Gasteiger partial charge in [-0.3, -0.25) is 15.0 Å². The van der Waals surface area contributed by atoms with E-state index in [0.29, 0.717) is 24.3 Å². The average Bonchev–Trinajstić information content (AvgIpc) is 2.56. The van der Waals surface area contributed by atoms with Crippen LogP contribution in [0.5, 0.6) is 0 Å². The van der Waals surface area contributed by atoms with E-state index in [0.717, 1.165) is 26.2 Å². The molecule has 24 heavy (non-hydrogen) atoms. The van der Waals surface area contributed by atoms with Gasteiger partial charge in [0, 0.05) is 58.4 Å². The number of aliphatic hydroxyl groups excluding tert-OH is 1. The van der Waals surface area contributed by atoms with E-state index >= 15 is 0 Å². The number of hydrogen-bond donors (Lipinski definition) is 1. The van der Waals surface area contributed by atoms with Crippen LogP contribution >= 0.6 is 0 Å². The molecule has 1 aromatic rings. The van der Waals surface area contributed by atoms with Gasteiger partial charge in [0.2, 0.25) is 0 Å². The molecule has 1 aliphatic rings. The van der Waals surface area contributed by atoms with Gasteiger partial charge in [0.15, 0.2) is 0 Å². The minimum absolute atomic E-state index is 0.0654. The van der Waals surface area contributed by atoms with E-state index in [1.165, 1.54) is 18.2 Å². The molecule has 0 amide bonds. The van der Waals surface area contributed by atoms with Gasteiger partial charge in [-0.25, -0.2) is 0 Å². The summed E-state index contributed by atoms with van der Waals surface area (Å²) in [4.78, 5) is 16.6. The van der Waals surface area contributed by atoms with Crippen LogP contribution < -0.4 is 4.90 Å². The second kappa shape index (κ2) is 8.06. The van der Waals surface area contributed by atoms with Crippen LogP contribution in [0.15, 0.2) is 18.2 Å².